The number of aryl methyl sites for hydroxylation is 1. The summed E-state index contributed by atoms with van der Waals surface area (Å²) in [6, 6.07) is 18.6. The molecule has 0 aliphatic carbocycles. The zero-order valence-electron chi connectivity index (χ0n) is 16.0. The van der Waals surface area contributed by atoms with Gasteiger partial charge in [-0.05, 0) is 49.4 Å². The molecular formula is C22H20FNO4S. The van der Waals surface area contributed by atoms with Crippen molar-refractivity contribution in [2.45, 2.75) is 18.4 Å². The molecule has 3 aromatic rings. The summed E-state index contributed by atoms with van der Waals surface area (Å²) in [6.45, 7) is 1.69. The highest BCUT2D eigenvalue weighted by Gasteiger charge is 2.21. The molecule has 3 rings (SSSR count). The molecule has 29 heavy (non-hydrogen) atoms. The minimum Gasteiger partial charge on any atom is -0.457 e. The van der Waals surface area contributed by atoms with Gasteiger partial charge in [0.25, 0.3) is 10.0 Å². The van der Waals surface area contributed by atoms with E-state index in [9.17, 15) is 17.6 Å². The van der Waals surface area contributed by atoms with Crippen molar-refractivity contribution in [2.75, 3.05) is 11.4 Å². The van der Waals surface area contributed by atoms with Crippen molar-refractivity contribution >= 4 is 21.7 Å². The first kappa shape index (κ1) is 20.5. The molecule has 0 unspecified atom stereocenters. The van der Waals surface area contributed by atoms with Crippen LogP contribution in [0.3, 0.4) is 0 Å². The predicted molar refractivity (Wildman–Crippen MR) is 109 cm³/mol. The zero-order chi connectivity index (χ0) is 21.0. The van der Waals surface area contributed by atoms with Crippen LogP contribution in [0.2, 0.25) is 0 Å². The molecule has 0 aliphatic heterocycles. The van der Waals surface area contributed by atoms with Crippen LogP contribution >= 0.6 is 0 Å². The van der Waals surface area contributed by atoms with Crippen LogP contribution < -0.4 is 4.31 Å². The van der Waals surface area contributed by atoms with Crippen LogP contribution in [-0.4, -0.2) is 21.4 Å². The van der Waals surface area contributed by atoms with E-state index >= 15 is 0 Å². The number of benzene rings is 3. The number of sulfonamides is 1. The lowest BCUT2D eigenvalue weighted by Crippen LogP contribution is -2.26. The second-order valence-electron chi connectivity index (χ2n) is 6.50. The summed E-state index contributed by atoms with van der Waals surface area (Å²) in [5.41, 5.74) is 1.88. The molecule has 0 atom stereocenters. The Bertz CT molecular complexity index is 1110. The number of anilines is 1. The summed E-state index contributed by atoms with van der Waals surface area (Å²) in [6.07, 6.45) is 0. The molecule has 0 N–H and O–H groups in total. The third-order valence-electron chi connectivity index (χ3n) is 4.46. The standard InChI is InChI=1S/C22H20FNO4S/c1-16-7-13-20(14-8-16)29(26,27)24(2)19-11-9-17(10-12-19)22(25)28-15-18-5-3-4-6-21(18)23/h3-14H,15H2,1-2H3. The van der Waals surface area contributed by atoms with Gasteiger partial charge in [-0.15, -0.1) is 0 Å². The maximum Gasteiger partial charge on any atom is 0.338 e. The fraction of sp³-hybridized carbons (Fsp3) is 0.136. The highest BCUT2D eigenvalue weighted by Crippen LogP contribution is 2.23. The molecule has 0 aromatic heterocycles. The van der Waals surface area contributed by atoms with Gasteiger partial charge >= 0.3 is 5.97 Å². The Labute approximate surface area is 169 Å². The number of ether oxygens (including phenoxy) is 1. The largest absolute Gasteiger partial charge is 0.457 e. The average molecular weight is 413 g/mol. The molecule has 0 aliphatic rings. The number of carbonyl (C=O) groups is 1. The van der Waals surface area contributed by atoms with Crippen LogP contribution in [0.15, 0.2) is 77.7 Å². The van der Waals surface area contributed by atoms with Crippen LogP contribution in [0.1, 0.15) is 21.5 Å². The van der Waals surface area contributed by atoms with Crippen molar-refractivity contribution in [3.8, 4) is 0 Å². The van der Waals surface area contributed by atoms with E-state index in [4.69, 9.17) is 4.74 Å². The van der Waals surface area contributed by atoms with E-state index in [2.05, 4.69) is 0 Å². The lowest BCUT2D eigenvalue weighted by atomic mass is 10.2. The summed E-state index contributed by atoms with van der Waals surface area (Å²) in [5.74, 6) is -1.07. The van der Waals surface area contributed by atoms with Gasteiger partial charge in [0, 0.05) is 12.6 Å². The number of carbonyl (C=O) groups excluding carboxylic acids is 1. The highest BCUT2D eigenvalue weighted by atomic mass is 32.2. The number of hydrogen-bond donors (Lipinski definition) is 0. The van der Waals surface area contributed by atoms with Gasteiger partial charge < -0.3 is 4.74 Å². The van der Waals surface area contributed by atoms with E-state index in [1.54, 1.807) is 36.4 Å². The quantitative estimate of drug-likeness (QED) is 0.565. The molecule has 0 amide bonds. The molecule has 3 aromatic carbocycles. The molecular weight excluding hydrogens is 393 g/mol. The first-order valence-electron chi connectivity index (χ1n) is 8.85. The Balaban J connectivity index is 1.71. The zero-order valence-corrected chi connectivity index (χ0v) is 16.8. The summed E-state index contributed by atoms with van der Waals surface area (Å²) < 4.78 is 45.4. The summed E-state index contributed by atoms with van der Waals surface area (Å²) in [5, 5.41) is 0. The fourth-order valence-corrected chi connectivity index (χ4v) is 3.85. The Hall–Kier alpha value is -3.19. The Morgan fingerprint density at radius 2 is 1.59 bits per heavy atom. The summed E-state index contributed by atoms with van der Waals surface area (Å²) in [7, 11) is -2.27. The van der Waals surface area contributed by atoms with Gasteiger partial charge in [-0.3, -0.25) is 4.31 Å². The van der Waals surface area contributed by atoms with Gasteiger partial charge in [0.05, 0.1) is 16.1 Å². The molecule has 5 nitrogen and oxygen atoms in total. The third-order valence-corrected chi connectivity index (χ3v) is 6.26. The Morgan fingerprint density at radius 1 is 0.966 bits per heavy atom. The summed E-state index contributed by atoms with van der Waals surface area (Å²) >= 11 is 0. The minimum atomic E-state index is -3.72. The molecule has 0 radical (unpaired) electrons. The summed E-state index contributed by atoms with van der Waals surface area (Å²) in [4.78, 5) is 12.4. The molecule has 0 saturated carbocycles. The average Bonchev–Trinajstić information content (AvgIpc) is 2.73. The highest BCUT2D eigenvalue weighted by molar-refractivity contribution is 7.92. The number of nitrogens with zero attached hydrogens (tertiary/aromatic N) is 1. The molecule has 0 heterocycles. The second-order valence-corrected chi connectivity index (χ2v) is 8.47. The van der Waals surface area contributed by atoms with Crippen LogP contribution in [0.4, 0.5) is 10.1 Å². The Kier molecular flexibility index (Phi) is 5.98. The van der Waals surface area contributed by atoms with Gasteiger partial charge in [-0.2, -0.15) is 0 Å². The smallest absolute Gasteiger partial charge is 0.338 e. The molecule has 0 fully saturated rings. The van der Waals surface area contributed by atoms with Crippen LogP contribution in [-0.2, 0) is 21.4 Å². The first-order valence-corrected chi connectivity index (χ1v) is 10.3. The van der Waals surface area contributed by atoms with Crippen LogP contribution in [0.25, 0.3) is 0 Å². The predicted octanol–water partition coefficient (Wildman–Crippen LogP) is 4.32. The van der Waals surface area contributed by atoms with Gasteiger partial charge in [-0.25, -0.2) is 17.6 Å². The second kappa shape index (κ2) is 8.45. The SMILES string of the molecule is Cc1ccc(S(=O)(=O)N(C)c2ccc(C(=O)OCc3ccccc3F)cc2)cc1. The number of halogens is 1. The normalized spacial score (nSPS) is 11.1. The molecule has 150 valence electrons. The lowest BCUT2D eigenvalue weighted by molar-refractivity contribution is 0.0469. The van der Waals surface area contributed by atoms with Crippen molar-refractivity contribution in [1.29, 1.82) is 0 Å². The van der Waals surface area contributed by atoms with Crippen molar-refractivity contribution in [1.82, 2.24) is 0 Å². The van der Waals surface area contributed by atoms with Crippen molar-refractivity contribution < 1.29 is 22.3 Å². The van der Waals surface area contributed by atoms with Gasteiger partial charge in [0.15, 0.2) is 0 Å². The van der Waals surface area contributed by atoms with E-state index in [0.717, 1.165) is 9.87 Å². The van der Waals surface area contributed by atoms with Gasteiger partial charge in [-0.1, -0.05) is 35.9 Å². The number of esters is 1. The monoisotopic (exact) mass is 413 g/mol. The molecule has 0 spiro atoms. The minimum absolute atomic E-state index is 0.180. The fourth-order valence-electron chi connectivity index (χ4n) is 2.66. The lowest BCUT2D eigenvalue weighted by Gasteiger charge is -2.20. The number of hydrogen-bond acceptors (Lipinski definition) is 4. The third kappa shape index (κ3) is 4.63. The van der Waals surface area contributed by atoms with E-state index < -0.39 is 21.8 Å². The molecule has 7 heteroatoms. The van der Waals surface area contributed by atoms with E-state index in [0.29, 0.717) is 5.69 Å². The molecule has 0 bridgehead atoms. The Morgan fingerprint density at radius 3 is 2.21 bits per heavy atom. The first-order chi connectivity index (χ1) is 13.8. The van der Waals surface area contributed by atoms with Crippen molar-refractivity contribution in [3.05, 3.63) is 95.3 Å². The van der Waals surface area contributed by atoms with Crippen molar-refractivity contribution in [2.24, 2.45) is 0 Å². The van der Waals surface area contributed by atoms with Crippen molar-refractivity contribution in [3.63, 3.8) is 0 Å². The van der Waals surface area contributed by atoms with Gasteiger partial charge in [0.2, 0.25) is 0 Å². The topological polar surface area (TPSA) is 63.7 Å². The van der Waals surface area contributed by atoms with E-state index in [1.807, 2.05) is 6.92 Å². The number of rotatable bonds is 6. The van der Waals surface area contributed by atoms with E-state index in [-0.39, 0.29) is 22.6 Å². The van der Waals surface area contributed by atoms with Crippen LogP contribution in [0.5, 0.6) is 0 Å². The maximum atomic E-state index is 13.6. The van der Waals surface area contributed by atoms with Crippen LogP contribution in [0, 0.1) is 12.7 Å². The van der Waals surface area contributed by atoms with Gasteiger partial charge in [0.1, 0.15) is 12.4 Å². The maximum absolute atomic E-state index is 13.6. The molecule has 0 saturated heterocycles. The van der Waals surface area contributed by atoms with E-state index in [1.165, 1.54) is 43.4 Å².